The Labute approximate surface area is 142 Å². The van der Waals surface area contributed by atoms with E-state index >= 15 is 0 Å². The number of ether oxygens (including phenoxy) is 3. The Hall–Kier alpha value is -0.450. The van der Waals surface area contributed by atoms with Gasteiger partial charge >= 0.3 is 0 Å². The van der Waals surface area contributed by atoms with Crippen LogP contribution in [0, 0.1) is 5.92 Å². The highest BCUT2D eigenvalue weighted by molar-refractivity contribution is 5.81. The molecule has 0 aromatic carbocycles. The van der Waals surface area contributed by atoms with Crippen LogP contribution in [0.5, 0.6) is 0 Å². The molecule has 1 heterocycles. The number of carbonyl (C=O) groups excluding carboxylic acids is 1. The maximum atomic E-state index is 11.3. The van der Waals surface area contributed by atoms with E-state index in [-0.39, 0.29) is 19.0 Å². The lowest BCUT2D eigenvalue weighted by atomic mass is 9.95. The van der Waals surface area contributed by atoms with E-state index < -0.39 is 11.9 Å². The third kappa shape index (κ3) is 7.32. The van der Waals surface area contributed by atoms with Crippen LogP contribution in [0.25, 0.3) is 0 Å². The van der Waals surface area contributed by atoms with Gasteiger partial charge in [-0.3, -0.25) is 4.79 Å². The quantitative estimate of drug-likeness (QED) is 0.495. The van der Waals surface area contributed by atoms with Crippen molar-refractivity contribution in [2.75, 3.05) is 19.8 Å². The van der Waals surface area contributed by atoms with E-state index in [0.717, 1.165) is 25.9 Å². The highest BCUT2D eigenvalue weighted by atomic mass is 16.7. The van der Waals surface area contributed by atoms with Crippen LogP contribution in [0.3, 0.4) is 0 Å². The summed E-state index contributed by atoms with van der Waals surface area (Å²) in [7, 11) is 0. The van der Waals surface area contributed by atoms with E-state index in [1.54, 1.807) is 0 Å². The van der Waals surface area contributed by atoms with Crippen molar-refractivity contribution in [3.63, 3.8) is 0 Å². The Bertz CT molecular complexity index is 321. The molecule has 2 atom stereocenters. The summed E-state index contributed by atoms with van der Waals surface area (Å²) in [6.07, 6.45) is 8.74. The fourth-order valence-corrected chi connectivity index (χ4v) is 2.97. The van der Waals surface area contributed by atoms with Gasteiger partial charge in [-0.1, -0.05) is 59.3 Å². The number of rotatable bonds is 12. The van der Waals surface area contributed by atoms with Crippen molar-refractivity contribution in [1.29, 1.82) is 0 Å². The first kappa shape index (κ1) is 20.6. The van der Waals surface area contributed by atoms with Crippen LogP contribution in [0.1, 0.15) is 79.1 Å². The maximum Gasteiger partial charge on any atom is 0.187 e. The lowest BCUT2D eigenvalue weighted by Gasteiger charge is -2.39. The molecule has 0 spiro atoms. The molecule has 0 aromatic heterocycles. The van der Waals surface area contributed by atoms with Crippen LogP contribution in [-0.2, 0) is 19.0 Å². The van der Waals surface area contributed by atoms with Crippen molar-refractivity contribution < 1.29 is 19.0 Å². The molecule has 2 unspecified atom stereocenters. The van der Waals surface area contributed by atoms with E-state index in [0.29, 0.717) is 5.92 Å². The van der Waals surface area contributed by atoms with Gasteiger partial charge in [0.2, 0.25) is 0 Å². The molecule has 0 amide bonds. The molecule has 1 rings (SSSR count). The maximum absolute atomic E-state index is 11.3. The number of carbonyl (C=O) groups is 1. The van der Waals surface area contributed by atoms with Gasteiger partial charge in [-0.25, -0.2) is 0 Å². The lowest BCUT2D eigenvalue weighted by molar-refractivity contribution is -0.265. The molecule has 1 aliphatic heterocycles. The highest BCUT2D eigenvalue weighted by Gasteiger charge is 2.39. The number of unbranched alkanes of at least 4 members (excludes halogenated alkanes) is 3. The van der Waals surface area contributed by atoms with Gasteiger partial charge in [0.05, 0.1) is 6.61 Å². The molecule has 23 heavy (non-hydrogen) atoms. The summed E-state index contributed by atoms with van der Waals surface area (Å²) < 4.78 is 17.6. The first-order valence-corrected chi connectivity index (χ1v) is 9.44. The van der Waals surface area contributed by atoms with Crippen molar-refractivity contribution in [2.45, 2.75) is 91.0 Å². The average Bonchev–Trinajstić information content (AvgIpc) is 2.56. The lowest BCUT2D eigenvalue weighted by Crippen LogP contribution is -2.50. The topological polar surface area (TPSA) is 44.8 Å². The Morgan fingerprint density at radius 2 is 1.78 bits per heavy atom. The summed E-state index contributed by atoms with van der Waals surface area (Å²) >= 11 is 0. The molecule has 1 saturated heterocycles. The number of hydrogen-bond donors (Lipinski definition) is 0. The minimum atomic E-state index is -0.463. The van der Waals surface area contributed by atoms with Gasteiger partial charge in [-0.2, -0.15) is 0 Å². The standard InChI is InChI=1S/C19H36O4/c1-5-8-10-12-19(4,18-21-14-17(20)15-22-18)23-13-16(7-3)11-9-6-2/h16,18H,5-15H2,1-4H3. The van der Waals surface area contributed by atoms with Crippen molar-refractivity contribution in [3.05, 3.63) is 0 Å². The second kappa shape index (κ2) is 11.2. The van der Waals surface area contributed by atoms with Gasteiger partial charge in [0.15, 0.2) is 12.1 Å². The Morgan fingerprint density at radius 1 is 1.13 bits per heavy atom. The van der Waals surface area contributed by atoms with Crippen LogP contribution in [0.4, 0.5) is 0 Å². The normalized spacial score (nSPS) is 20.4. The van der Waals surface area contributed by atoms with E-state index in [9.17, 15) is 4.79 Å². The molecule has 0 aliphatic carbocycles. The highest BCUT2D eigenvalue weighted by Crippen LogP contribution is 2.30. The van der Waals surface area contributed by atoms with Gasteiger partial charge < -0.3 is 14.2 Å². The monoisotopic (exact) mass is 328 g/mol. The zero-order chi connectivity index (χ0) is 17.1. The van der Waals surface area contributed by atoms with E-state index in [2.05, 4.69) is 27.7 Å². The molecule has 4 nitrogen and oxygen atoms in total. The molecule has 136 valence electrons. The molecule has 0 saturated carbocycles. The molecular weight excluding hydrogens is 292 g/mol. The zero-order valence-corrected chi connectivity index (χ0v) is 15.6. The van der Waals surface area contributed by atoms with Crippen molar-refractivity contribution in [1.82, 2.24) is 0 Å². The summed E-state index contributed by atoms with van der Waals surface area (Å²) in [5.74, 6) is 0.595. The molecular formula is C19H36O4. The molecule has 0 N–H and O–H groups in total. The molecule has 0 radical (unpaired) electrons. The fourth-order valence-electron chi connectivity index (χ4n) is 2.97. The Morgan fingerprint density at radius 3 is 2.35 bits per heavy atom. The summed E-state index contributed by atoms with van der Waals surface area (Å²) in [5.41, 5.74) is -0.463. The van der Waals surface area contributed by atoms with E-state index in [1.165, 1.54) is 32.1 Å². The van der Waals surface area contributed by atoms with Crippen LogP contribution in [0.15, 0.2) is 0 Å². The van der Waals surface area contributed by atoms with Crippen LogP contribution >= 0.6 is 0 Å². The van der Waals surface area contributed by atoms with Crippen LogP contribution < -0.4 is 0 Å². The first-order chi connectivity index (χ1) is 11.1. The van der Waals surface area contributed by atoms with Gasteiger partial charge in [0.1, 0.15) is 18.8 Å². The number of ketones is 1. The Balaban J connectivity index is 2.60. The average molecular weight is 328 g/mol. The predicted molar refractivity (Wildman–Crippen MR) is 92.5 cm³/mol. The SMILES string of the molecule is CCCCCC(C)(OCC(CC)CCCC)C1OCC(=O)CO1. The fraction of sp³-hybridized carbons (Fsp3) is 0.947. The number of hydrogen-bond acceptors (Lipinski definition) is 4. The third-order valence-corrected chi connectivity index (χ3v) is 4.76. The van der Waals surface area contributed by atoms with E-state index in [1.807, 2.05) is 0 Å². The minimum Gasteiger partial charge on any atom is -0.370 e. The minimum absolute atomic E-state index is 0.00605. The summed E-state index contributed by atoms with van der Waals surface area (Å²) in [6.45, 7) is 9.76. The van der Waals surface area contributed by atoms with Crippen LogP contribution in [-0.4, -0.2) is 37.5 Å². The van der Waals surface area contributed by atoms with Gasteiger partial charge in [0.25, 0.3) is 0 Å². The molecule has 0 bridgehead atoms. The first-order valence-electron chi connectivity index (χ1n) is 9.44. The zero-order valence-electron chi connectivity index (χ0n) is 15.6. The van der Waals surface area contributed by atoms with E-state index in [4.69, 9.17) is 14.2 Å². The van der Waals surface area contributed by atoms with Crippen molar-refractivity contribution in [2.24, 2.45) is 5.92 Å². The van der Waals surface area contributed by atoms with Gasteiger partial charge in [-0.05, 0) is 25.7 Å². The third-order valence-electron chi connectivity index (χ3n) is 4.76. The molecule has 1 fully saturated rings. The Kier molecular flexibility index (Phi) is 10.00. The van der Waals surface area contributed by atoms with Crippen LogP contribution in [0.2, 0.25) is 0 Å². The summed E-state index contributed by atoms with van der Waals surface area (Å²) in [6, 6.07) is 0. The van der Waals surface area contributed by atoms with Crippen molar-refractivity contribution in [3.8, 4) is 0 Å². The molecule has 1 aliphatic rings. The van der Waals surface area contributed by atoms with Gasteiger partial charge in [0, 0.05) is 0 Å². The molecule has 4 heteroatoms. The predicted octanol–water partition coefficient (Wildman–Crippen LogP) is 4.50. The second-order valence-electron chi connectivity index (χ2n) is 6.99. The number of Topliss-reactive ketones (excluding diaryl/α,β-unsaturated/α-hetero) is 1. The largest absolute Gasteiger partial charge is 0.370 e. The van der Waals surface area contributed by atoms with Crippen molar-refractivity contribution >= 4 is 5.78 Å². The summed E-state index contributed by atoms with van der Waals surface area (Å²) in [4.78, 5) is 11.3. The second-order valence-corrected chi connectivity index (χ2v) is 6.99. The molecule has 0 aromatic rings. The summed E-state index contributed by atoms with van der Waals surface area (Å²) in [5, 5.41) is 0. The van der Waals surface area contributed by atoms with Gasteiger partial charge in [-0.15, -0.1) is 0 Å². The smallest absolute Gasteiger partial charge is 0.187 e.